The number of carbonyl (C=O) groups excluding carboxylic acids is 1. The molecule has 0 aromatic heterocycles. The fourth-order valence-electron chi connectivity index (χ4n) is 3.57. The van der Waals surface area contributed by atoms with Crippen LogP contribution in [0.4, 0.5) is 0 Å². The highest BCUT2D eigenvalue weighted by molar-refractivity contribution is 5.77. The van der Waals surface area contributed by atoms with Gasteiger partial charge < -0.3 is 14.4 Å². The van der Waals surface area contributed by atoms with Crippen molar-refractivity contribution in [3.05, 3.63) is 23.8 Å². The van der Waals surface area contributed by atoms with E-state index in [0.717, 1.165) is 36.7 Å². The van der Waals surface area contributed by atoms with Gasteiger partial charge in [0.25, 0.3) is 0 Å². The molecule has 0 saturated carbocycles. The first-order valence-corrected chi connectivity index (χ1v) is 9.35. The Morgan fingerprint density at radius 3 is 2.58 bits per heavy atom. The third-order valence-electron chi connectivity index (χ3n) is 5.09. The summed E-state index contributed by atoms with van der Waals surface area (Å²) in [5.41, 5.74) is 1.12. The Morgan fingerprint density at radius 2 is 1.96 bits per heavy atom. The minimum absolute atomic E-state index is 0.131. The number of rotatable bonds is 9. The maximum absolute atomic E-state index is 12.3. The van der Waals surface area contributed by atoms with Crippen molar-refractivity contribution in [3.8, 4) is 11.5 Å². The Labute approximate surface area is 157 Å². The number of methoxy groups -OCH3 is 2. The quantitative estimate of drug-likeness (QED) is 0.672. The summed E-state index contributed by atoms with van der Waals surface area (Å²) < 4.78 is 10.7. The highest BCUT2D eigenvalue weighted by Gasteiger charge is 2.26. The number of likely N-dealkylation sites (tertiary alicyclic amines) is 1. The summed E-state index contributed by atoms with van der Waals surface area (Å²) >= 11 is 0. The molecule has 1 heterocycles. The molecule has 26 heavy (non-hydrogen) atoms. The Kier molecular flexibility index (Phi) is 7.72. The summed E-state index contributed by atoms with van der Waals surface area (Å²) in [7, 11) is 6.90. The zero-order chi connectivity index (χ0) is 19.1. The van der Waals surface area contributed by atoms with Gasteiger partial charge >= 0.3 is 0 Å². The second kappa shape index (κ2) is 9.78. The van der Waals surface area contributed by atoms with Gasteiger partial charge in [0.05, 0.1) is 20.8 Å². The fourth-order valence-corrected chi connectivity index (χ4v) is 3.57. The summed E-state index contributed by atoms with van der Waals surface area (Å²) in [5.74, 6) is 1.58. The first-order chi connectivity index (χ1) is 12.5. The normalized spacial score (nSPS) is 17.5. The average Bonchev–Trinajstić information content (AvgIpc) is 3.08. The molecule has 0 radical (unpaired) electrons. The number of amides is 1. The number of ether oxygens (including phenoxy) is 2. The summed E-state index contributed by atoms with van der Waals surface area (Å²) in [4.78, 5) is 18.7. The molecular formula is C20H33N3O3. The van der Waals surface area contributed by atoms with E-state index in [0.29, 0.717) is 19.1 Å². The molecular weight excluding hydrogens is 330 g/mol. The molecule has 1 fully saturated rings. The van der Waals surface area contributed by atoms with E-state index >= 15 is 0 Å². The molecule has 1 aromatic carbocycles. The van der Waals surface area contributed by atoms with Crippen LogP contribution in [0, 0.1) is 0 Å². The second-order valence-electron chi connectivity index (χ2n) is 7.07. The van der Waals surface area contributed by atoms with Gasteiger partial charge in [-0.15, -0.1) is 0 Å². The highest BCUT2D eigenvalue weighted by Crippen LogP contribution is 2.28. The smallest absolute Gasteiger partial charge is 0.236 e. The zero-order valence-electron chi connectivity index (χ0n) is 16.8. The minimum atomic E-state index is 0.131. The van der Waals surface area contributed by atoms with E-state index in [1.807, 2.05) is 32.3 Å². The van der Waals surface area contributed by atoms with E-state index in [9.17, 15) is 4.79 Å². The van der Waals surface area contributed by atoms with Crippen LogP contribution in [0.5, 0.6) is 11.5 Å². The van der Waals surface area contributed by atoms with Crippen LogP contribution in [0.3, 0.4) is 0 Å². The molecule has 146 valence electrons. The van der Waals surface area contributed by atoms with Gasteiger partial charge in [-0.1, -0.05) is 13.0 Å². The van der Waals surface area contributed by atoms with Crippen molar-refractivity contribution in [1.82, 2.24) is 14.7 Å². The maximum atomic E-state index is 12.3. The molecule has 1 aromatic rings. The van der Waals surface area contributed by atoms with Gasteiger partial charge in [0.1, 0.15) is 0 Å². The Hall–Kier alpha value is -1.79. The Balaban J connectivity index is 2.13. The molecule has 1 aliphatic heterocycles. The van der Waals surface area contributed by atoms with Crippen LogP contribution in [-0.2, 0) is 11.3 Å². The predicted molar refractivity (Wildman–Crippen MR) is 104 cm³/mol. The average molecular weight is 364 g/mol. The van der Waals surface area contributed by atoms with Gasteiger partial charge in [-0.3, -0.25) is 14.6 Å². The summed E-state index contributed by atoms with van der Waals surface area (Å²) in [6.45, 7) is 6.48. The van der Waals surface area contributed by atoms with E-state index in [-0.39, 0.29) is 5.91 Å². The Bertz CT molecular complexity index is 592. The van der Waals surface area contributed by atoms with Crippen molar-refractivity contribution in [1.29, 1.82) is 0 Å². The second-order valence-corrected chi connectivity index (χ2v) is 7.07. The van der Waals surface area contributed by atoms with Crippen LogP contribution in [0.1, 0.15) is 25.3 Å². The number of carbonyl (C=O) groups is 1. The highest BCUT2D eigenvalue weighted by atomic mass is 16.5. The summed E-state index contributed by atoms with van der Waals surface area (Å²) in [5, 5.41) is 0. The molecule has 1 unspecified atom stereocenters. The van der Waals surface area contributed by atoms with Crippen LogP contribution in [0.25, 0.3) is 0 Å². The van der Waals surface area contributed by atoms with Crippen molar-refractivity contribution in [2.24, 2.45) is 0 Å². The van der Waals surface area contributed by atoms with Crippen molar-refractivity contribution >= 4 is 5.91 Å². The number of hydrogen-bond acceptors (Lipinski definition) is 5. The van der Waals surface area contributed by atoms with Gasteiger partial charge in [0.2, 0.25) is 5.91 Å². The zero-order valence-corrected chi connectivity index (χ0v) is 16.8. The van der Waals surface area contributed by atoms with Crippen LogP contribution < -0.4 is 9.47 Å². The van der Waals surface area contributed by atoms with Crippen molar-refractivity contribution in [2.75, 3.05) is 54.5 Å². The molecule has 0 N–H and O–H groups in total. The van der Waals surface area contributed by atoms with Gasteiger partial charge in [-0.2, -0.15) is 0 Å². The molecule has 1 aliphatic rings. The molecule has 0 aliphatic carbocycles. The summed E-state index contributed by atoms with van der Waals surface area (Å²) in [6.07, 6.45) is 2.44. The van der Waals surface area contributed by atoms with Gasteiger partial charge in [-0.25, -0.2) is 0 Å². The van der Waals surface area contributed by atoms with E-state index in [1.165, 1.54) is 12.8 Å². The van der Waals surface area contributed by atoms with Gasteiger partial charge in [0, 0.05) is 33.2 Å². The van der Waals surface area contributed by atoms with E-state index < -0.39 is 0 Å². The monoisotopic (exact) mass is 363 g/mol. The minimum Gasteiger partial charge on any atom is -0.493 e. The van der Waals surface area contributed by atoms with Crippen molar-refractivity contribution in [3.63, 3.8) is 0 Å². The number of hydrogen-bond donors (Lipinski definition) is 0. The topological polar surface area (TPSA) is 45.2 Å². The fraction of sp³-hybridized carbons (Fsp3) is 0.650. The third kappa shape index (κ3) is 5.35. The van der Waals surface area contributed by atoms with Crippen LogP contribution in [0.2, 0.25) is 0 Å². The third-order valence-corrected chi connectivity index (χ3v) is 5.09. The van der Waals surface area contributed by atoms with E-state index in [4.69, 9.17) is 9.47 Å². The lowest BCUT2D eigenvalue weighted by atomic mass is 10.1. The lowest BCUT2D eigenvalue weighted by Crippen LogP contribution is -2.44. The lowest BCUT2D eigenvalue weighted by Gasteiger charge is -2.30. The number of benzene rings is 1. The van der Waals surface area contributed by atoms with E-state index in [2.05, 4.69) is 16.7 Å². The Morgan fingerprint density at radius 1 is 1.23 bits per heavy atom. The number of nitrogens with zero attached hydrogens (tertiary/aromatic N) is 3. The van der Waals surface area contributed by atoms with Gasteiger partial charge in [-0.05, 0) is 43.6 Å². The van der Waals surface area contributed by atoms with Crippen LogP contribution in [-0.4, -0.2) is 81.1 Å². The SMILES string of the molecule is CCN1CCCC1CN(CC(=O)N(C)C)Cc1ccc(OC)c(OC)c1. The molecule has 0 spiro atoms. The first-order valence-electron chi connectivity index (χ1n) is 9.35. The lowest BCUT2D eigenvalue weighted by molar-refractivity contribution is -0.130. The predicted octanol–water partition coefficient (Wildman–Crippen LogP) is 2.08. The standard InChI is InChI=1S/C20H33N3O3/c1-6-23-11-7-8-17(23)14-22(15-20(24)21(2)3)13-16-9-10-18(25-4)19(12-16)26-5/h9-10,12,17H,6-8,11,13-15H2,1-5H3. The largest absolute Gasteiger partial charge is 0.493 e. The molecule has 0 bridgehead atoms. The maximum Gasteiger partial charge on any atom is 0.236 e. The molecule has 1 amide bonds. The molecule has 2 rings (SSSR count). The molecule has 6 heteroatoms. The van der Waals surface area contributed by atoms with E-state index in [1.54, 1.807) is 19.1 Å². The number of likely N-dealkylation sites (N-methyl/N-ethyl adjacent to an activating group) is 2. The van der Waals surface area contributed by atoms with Crippen LogP contribution >= 0.6 is 0 Å². The van der Waals surface area contributed by atoms with Crippen molar-refractivity contribution < 1.29 is 14.3 Å². The van der Waals surface area contributed by atoms with Crippen LogP contribution in [0.15, 0.2) is 18.2 Å². The van der Waals surface area contributed by atoms with Gasteiger partial charge in [0.15, 0.2) is 11.5 Å². The molecule has 6 nitrogen and oxygen atoms in total. The molecule has 1 atom stereocenters. The van der Waals surface area contributed by atoms with Crippen molar-refractivity contribution in [2.45, 2.75) is 32.4 Å². The summed E-state index contributed by atoms with van der Waals surface area (Å²) in [6, 6.07) is 6.49. The molecule has 1 saturated heterocycles. The first kappa shape index (κ1) is 20.5.